The highest BCUT2D eigenvalue weighted by atomic mass is 32.3. The van der Waals surface area contributed by atoms with E-state index in [2.05, 4.69) is 15.1 Å². The Kier molecular flexibility index (Phi) is 5.58. The summed E-state index contributed by atoms with van der Waals surface area (Å²) in [6, 6.07) is -2.23. The minimum Gasteiger partial charge on any atom is -0.354 e. The second kappa shape index (κ2) is 7.29. The summed E-state index contributed by atoms with van der Waals surface area (Å²) < 4.78 is 34.5. The highest BCUT2D eigenvalue weighted by Crippen LogP contribution is 2.30. The molecule has 4 amide bonds. The molecule has 0 aromatic heterocycles. The Morgan fingerprint density at radius 2 is 2.08 bits per heavy atom. The molecule has 2 aliphatic heterocycles. The maximum atomic E-state index is 12.1. The Labute approximate surface area is 137 Å². The molecule has 0 aromatic carbocycles. The molecule has 2 fully saturated rings. The summed E-state index contributed by atoms with van der Waals surface area (Å²) in [5.74, 6) is -0.803. The molecule has 136 valence electrons. The van der Waals surface area contributed by atoms with Gasteiger partial charge in [-0.15, -0.1) is 4.28 Å². The van der Waals surface area contributed by atoms with Gasteiger partial charge in [0, 0.05) is 20.0 Å². The second-order valence-corrected chi connectivity index (χ2v) is 6.31. The topological polar surface area (TPSA) is 155 Å². The monoisotopic (exact) mass is 366 g/mol. The smallest absolute Gasteiger partial charge is 0.354 e. The van der Waals surface area contributed by atoms with E-state index in [1.807, 2.05) is 0 Å². The van der Waals surface area contributed by atoms with Gasteiger partial charge in [-0.25, -0.2) is 10.3 Å². The number of urea groups is 1. The highest BCUT2D eigenvalue weighted by molar-refractivity contribution is 7.80. The lowest BCUT2D eigenvalue weighted by molar-refractivity contribution is -0.138. The Bertz CT molecular complexity index is 624. The SMILES string of the molecule is CC(=O)NCCONC(=O)[C@@H]1CC[C@@H]2CN1C(=O)N2OS(=O)(=O)O. The lowest BCUT2D eigenvalue weighted by Crippen LogP contribution is -2.50. The molecule has 12 nitrogen and oxygen atoms in total. The van der Waals surface area contributed by atoms with E-state index in [4.69, 9.17) is 9.39 Å². The third-order valence-corrected chi connectivity index (χ3v) is 3.90. The molecule has 0 aromatic rings. The van der Waals surface area contributed by atoms with Crippen LogP contribution in [-0.4, -0.2) is 72.6 Å². The first-order chi connectivity index (χ1) is 11.2. The molecule has 0 aliphatic carbocycles. The summed E-state index contributed by atoms with van der Waals surface area (Å²) in [6.45, 7) is 1.70. The fraction of sp³-hybridized carbons (Fsp3) is 0.727. The molecule has 2 aliphatic rings. The number of hydrogen-bond donors (Lipinski definition) is 3. The summed E-state index contributed by atoms with van der Waals surface area (Å²) >= 11 is 0. The Morgan fingerprint density at radius 3 is 2.71 bits per heavy atom. The van der Waals surface area contributed by atoms with E-state index in [1.54, 1.807) is 0 Å². The van der Waals surface area contributed by atoms with Gasteiger partial charge in [0.05, 0.1) is 12.6 Å². The Morgan fingerprint density at radius 1 is 1.38 bits per heavy atom. The molecule has 2 saturated heterocycles. The molecule has 2 heterocycles. The van der Waals surface area contributed by atoms with Crippen LogP contribution < -0.4 is 10.8 Å². The summed E-state index contributed by atoms with van der Waals surface area (Å²) in [4.78, 5) is 40.9. The first-order valence-corrected chi connectivity index (χ1v) is 8.48. The van der Waals surface area contributed by atoms with Crippen LogP contribution >= 0.6 is 0 Å². The van der Waals surface area contributed by atoms with Crippen molar-refractivity contribution in [3.05, 3.63) is 0 Å². The van der Waals surface area contributed by atoms with Crippen molar-refractivity contribution in [1.29, 1.82) is 0 Å². The van der Waals surface area contributed by atoms with E-state index < -0.39 is 34.4 Å². The zero-order chi connectivity index (χ0) is 17.9. The van der Waals surface area contributed by atoms with Gasteiger partial charge in [-0.2, -0.15) is 13.5 Å². The third-order valence-electron chi connectivity index (χ3n) is 3.55. The summed E-state index contributed by atoms with van der Waals surface area (Å²) in [7, 11) is -4.83. The molecule has 0 spiro atoms. The summed E-state index contributed by atoms with van der Waals surface area (Å²) in [5, 5.41) is 3.03. The van der Waals surface area contributed by atoms with Crippen LogP contribution in [0.5, 0.6) is 0 Å². The van der Waals surface area contributed by atoms with Gasteiger partial charge in [-0.05, 0) is 12.8 Å². The minimum absolute atomic E-state index is 0.0482. The van der Waals surface area contributed by atoms with Crippen molar-refractivity contribution in [3.8, 4) is 0 Å². The van der Waals surface area contributed by atoms with E-state index in [-0.39, 0.29) is 32.0 Å². The average molecular weight is 366 g/mol. The first kappa shape index (κ1) is 18.4. The van der Waals surface area contributed by atoms with Gasteiger partial charge in [0.15, 0.2) is 0 Å². The normalized spacial score (nSPS) is 23.3. The van der Waals surface area contributed by atoms with Gasteiger partial charge >= 0.3 is 16.4 Å². The van der Waals surface area contributed by atoms with E-state index in [0.717, 1.165) is 4.90 Å². The zero-order valence-corrected chi connectivity index (χ0v) is 13.6. The van der Waals surface area contributed by atoms with Crippen LogP contribution in [0.25, 0.3) is 0 Å². The Balaban J connectivity index is 1.86. The second-order valence-electron chi connectivity index (χ2n) is 5.31. The van der Waals surface area contributed by atoms with Gasteiger partial charge < -0.3 is 10.2 Å². The number of piperidine rings is 1. The molecule has 2 bridgehead atoms. The predicted molar refractivity (Wildman–Crippen MR) is 76.2 cm³/mol. The quantitative estimate of drug-likeness (QED) is 0.270. The van der Waals surface area contributed by atoms with Crippen LogP contribution in [0.4, 0.5) is 4.79 Å². The maximum Gasteiger partial charge on any atom is 0.418 e. The van der Waals surface area contributed by atoms with E-state index in [1.165, 1.54) is 6.92 Å². The number of rotatable bonds is 7. The summed E-state index contributed by atoms with van der Waals surface area (Å²) in [6.07, 6.45) is 0.602. The van der Waals surface area contributed by atoms with Gasteiger partial charge in [-0.1, -0.05) is 0 Å². The molecular weight excluding hydrogens is 348 g/mol. The third kappa shape index (κ3) is 4.53. The summed E-state index contributed by atoms with van der Waals surface area (Å²) in [5.41, 5.74) is 2.18. The van der Waals surface area contributed by atoms with Gasteiger partial charge in [0.2, 0.25) is 5.91 Å². The van der Waals surface area contributed by atoms with Crippen LogP contribution in [0.1, 0.15) is 19.8 Å². The van der Waals surface area contributed by atoms with Crippen LogP contribution in [0, 0.1) is 0 Å². The lowest BCUT2D eigenvalue weighted by atomic mass is 10.0. The number of carbonyl (C=O) groups is 3. The van der Waals surface area contributed by atoms with Crippen LogP contribution in [0.3, 0.4) is 0 Å². The average Bonchev–Trinajstić information content (AvgIpc) is 2.70. The molecular formula is C11H18N4O8S. The highest BCUT2D eigenvalue weighted by Gasteiger charge is 2.49. The molecule has 0 radical (unpaired) electrons. The number of fused-ring (bicyclic) bond motifs is 2. The molecule has 3 N–H and O–H groups in total. The predicted octanol–water partition coefficient (Wildman–Crippen LogP) is -1.83. The maximum absolute atomic E-state index is 12.1. The molecule has 24 heavy (non-hydrogen) atoms. The van der Waals surface area contributed by atoms with E-state index >= 15 is 0 Å². The number of amides is 4. The van der Waals surface area contributed by atoms with Crippen molar-refractivity contribution in [3.63, 3.8) is 0 Å². The lowest BCUT2D eigenvalue weighted by Gasteiger charge is -2.28. The van der Waals surface area contributed by atoms with E-state index in [9.17, 15) is 22.8 Å². The van der Waals surface area contributed by atoms with Crippen molar-refractivity contribution in [2.45, 2.75) is 31.8 Å². The number of hydroxylamine groups is 3. The molecule has 2 atom stereocenters. The molecule has 13 heteroatoms. The van der Waals surface area contributed by atoms with Crippen molar-refractivity contribution in [1.82, 2.24) is 20.8 Å². The molecule has 0 unspecified atom stereocenters. The largest absolute Gasteiger partial charge is 0.418 e. The van der Waals surface area contributed by atoms with Crippen LogP contribution in [-0.2, 0) is 29.1 Å². The van der Waals surface area contributed by atoms with Crippen molar-refractivity contribution < 1.29 is 36.5 Å². The van der Waals surface area contributed by atoms with Crippen molar-refractivity contribution >= 4 is 28.2 Å². The minimum atomic E-state index is -4.83. The zero-order valence-electron chi connectivity index (χ0n) is 12.8. The number of carbonyl (C=O) groups excluding carboxylic acids is 3. The van der Waals surface area contributed by atoms with Gasteiger partial charge in [0.25, 0.3) is 5.91 Å². The molecule has 2 rings (SSSR count). The standard InChI is InChI=1S/C11H18N4O8S/c1-7(16)12-4-5-22-13-10(17)9-3-2-8-6-14(9)11(18)15(8)23-24(19,20)21/h8-9H,2-6H2,1H3,(H,12,16)(H,13,17)(H,19,20,21)/t8-,9+/m1/s1. The first-order valence-electron chi connectivity index (χ1n) is 7.12. The van der Waals surface area contributed by atoms with Crippen LogP contribution in [0.2, 0.25) is 0 Å². The van der Waals surface area contributed by atoms with E-state index in [0.29, 0.717) is 11.5 Å². The van der Waals surface area contributed by atoms with Gasteiger partial charge in [0.1, 0.15) is 6.04 Å². The number of hydrogen-bond acceptors (Lipinski definition) is 7. The number of nitrogens with zero attached hydrogens (tertiary/aromatic N) is 2. The fourth-order valence-corrected chi connectivity index (χ4v) is 2.96. The molecule has 0 saturated carbocycles. The van der Waals surface area contributed by atoms with Crippen molar-refractivity contribution in [2.75, 3.05) is 19.7 Å². The Hall–Kier alpha value is -1.96. The fourth-order valence-electron chi connectivity index (χ4n) is 2.57. The van der Waals surface area contributed by atoms with Crippen LogP contribution in [0.15, 0.2) is 0 Å². The van der Waals surface area contributed by atoms with Gasteiger partial charge in [-0.3, -0.25) is 19.0 Å². The van der Waals surface area contributed by atoms with Crippen molar-refractivity contribution in [2.24, 2.45) is 0 Å². The number of nitrogens with one attached hydrogen (secondary N) is 2.